The van der Waals surface area contributed by atoms with E-state index in [9.17, 15) is 5.11 Å². The van der Waals surface area contributed by atoms with E-state index in [-0.39, 0.29) is 12.4 Å². The third-order valence-electron chi connectivity index (χ3n) is 5.06. The molecule has 0 amide bonds. The quantitative estimate of drug-likeness (QED) is 0.561. The minimum Gasteiger partial charge on any atom is -0.507 e. The van der Waals surface area contributed by atoms with Crippen molar-refractivity contribution in [1.29, 1.82) is 0 Å². The zero-order valence-electron chi connectivity index (χ0n) is 15.5. The largest absolute Gasteiger partial charge is 0.507 e. The van der Waals surface area contributed by atoms with E-state index in [1.54, 1.807) is 19.2 Å². The lowest BCUT2D eigenvalue weighted by atomic mass is 9.99. The van der Waals surface area contributed by atoms with Gasteiger partial charge in [-0.05, 0) is 66.6 Å². The van der Waals surface area contributed by atoms with Crippen LogP contribution in [0.3, 0.4) is 0 Å². The second-order valence-electron chi connectivity index (χ2n) is 6.90. The lowest BCUT2D eigenvalue weighted by molar-refractivity contribution is 0.299. The van der Waals surface area contributed by atoms with Gasteiger partial charge in [-0.25, -0.2) is 4.98 Å². The van der Waals surface area contributed by atoms with Gasteiger partial charge in [-0.15, -0.1) is 0 Å². The number of aryl methyl sites for hydroxylation is 1. The van der Waals surface area contributed by atoms with Crippen LogP contribution in [0, 0.1) is 0 Å². The van der Waals surface area contributed by atoms with Crippen molar-refractivity contribution in [3.63, 3.8) is 0 Å². The molecule has 0 unspecified atom stereocenters. The minimum absolute atomic E-state index is 0.160. The fraction of sp³-hybridized carbons (Fsp3) is 0.318. The number of methoxy groups -OCH3 is 1. The Bertz CT molecular complexity index is 999. The molecule has 1 saturated carbocycles. The Labute approximate surface area is 163 Å². The summed E-state index contributed by atoms with van der Waals surface area (Å²) < 4.78 is 11.3. The predicted octanol–water partition coefficient (Wildman–Crippen LogP) is 5.62. The van der Waals surface area contributed by atoms with Crippen molar-refractivity contribution in [2.75, 3.05) is 7.11 Å². The molecule has 4 nitrogen and oxygen atoms in total. The molecule has 2 aromatic carbocycles. The van der Waals surface area contributed by atoms with Crippen LogP contribution in [0.2, 0.25) is 5.15 Å². The molecular weight excluding hydrogens is 362 g/mol. The van der Waals surface area contributed by atoms with Crippen molar-refractivity contribution < 1.29 is 14.6 Å². The highest BCUT2D eigenvalue weighted by Crippen LogP contribution is 2.46. The zero-order chi connectivity index (χ0) is 19.0. The van der Waals surface area contributed by atoms with Crippen LogP contribution in [0.1, 0.15) is 42.4 Å². The van der Waals surface area contributed by atoms with Crippen LogP contribution >= 0.6 is 11.6 Å². The maximum Gasteiger partial charge on any atom is 0.132 e. The van der Waals surface area contributed by atoms with E-state index in [1.165, 1.54) is 18.4 Å². The van der Waals surface area contributed by atoms with Gasteiger partial charge in [-0.3, -0.25) is 0 Å². The Morgan fingerprint density at radius 2 is 1.96 bits per heavy atom. The highest BCUT2D eigenvalue weighted by atomic mass is 35.5. The van der Waals surface area contributed by atoms with E-state index >= 15 is 0 Å². The van der Waals surface area contributed by atoms with Crippen molar-refractivity contribution in [1.82, 2.24) is 4.98 Å². The number of ether oxygens (including phenoxy) is 2. The summed E-state index contributed by atoms with van der Waals surface area (Å²) in [5.41, 5.74) is 4.06. The van der Waals surface area contributed by atoms with Gasteiger partial charge in [-0.2, -0.15) is 0 Å². The molecule has 3 aromatic rings. The van der Waals surface area contributed by atoms with E-state index < -0.39 is 0 Å². The first-order valence-corrected chi connectivity index (χ1v) is 9.59. The summed E-state index contributed by atoms with van der Waals surface area (Å²) in [4.78, 5) is 4.59. The maximum atomic E-state index is 10.2. The van der Waals surface area contributed by atoms with E-state index in [4.69, 9.17) is 21.1 Å². The number of benzene rings is 2. The van der Waals surface area contributed by atoms with Gasteiger partial charge < -0.3 is 14.6 Å². The lowest BCUT2D eigenvalue weighted by Gasteiger charge is -2.17. The molecule has 4 rings (SSSR count). The third-order valence-corrected chi connectivity index (χ3v) is 5.27. The molecule has 27 heavy (non-hydrogen) atoms. The van der Waals surface area contributed by atoms with Crippen molar-refractivity contribution in [3.8, 4) is 17.2 Å². The maximum absolute atomic E-state index is 10.2. The summed E-state index contributed by atoms with van der Waals surface area (Å²) in [5, 5.41) is 11.7. The highest BCUT2D eigenvalue weighted by Gasteiger charge is 2.28. The topological polar surface area (TPSA) is 51.6 Å². The Morgan fingerprint density at radius 3 is 2.63 bits per heavy atom. The average molecular weight is 384 g/mol. The SMILES string of the molecule is CCc1cc(C2CC2)c2nc(Cl)ccc2c1OCc1ccc(OC)cc1O. The molecular formula is C22H22ClNO3. The fourth-order valence-electron chi connectivity index (χ4n) is 3.41. The molecule has 5 heteroatoms. The van der Waals surface area contributed by atoms with Crippen LogP contribution in [-0.2, 0) is 13.0 Å². The Morgan fingerprint density at radius 1 is 1.15 bits per heavy atom. The van der Waals surface area contributed by atoms with Crippen molar-refractivity contribution >= 4 is 22.5 Å². The van der Waals surface area contributed by atoms with E-state index in [2.05, 4.69) is 18.0 Å². The lowest BCUT2D eigenvalue weighted by Crippen LogP contribution is -2.02. The molecule has 1 aromatic heterocycles. The van der Waals surface area contributed by atoms with Gasteiger partial charge >= 0.3 is 0 Å². The van der Waals surface area contributed by atoms with Crippen LogP contribution in [0.25, 0.3) is 10.9 Å². The molecule has 0 bridgehead atoms. The number of nitrogens with zero attached hydrogens (tertiary/aromatic N) is 1. The Kier molecular flexibility index (Phi) is 4.83. The van der Waals surface area contributed by atoms with Crippen LogP contribution in [0.5, 0.6) is 17.2 Å². The monoisotopic (exact) mass is 383 g/mol. The molecule has 0 aliphatic heterocycles. The number of pyridine rings is 1. The van der Waals surface area contributed by atoms with Gasteiger partial charge in [0.15, 0.2) is 0 Å². The molecule has 0 radical (unpaired) electrons. The number of halogens is 1. The minimum atomic E-state index is 0.160. The van der Waals surface area contributed by atoms with Gasteiger partial charge in [0.1, 0.15) is 29.0 Å². The second kappa shape index (κ2) is 7.28. The number of fused-ring (bicyclic) bond motifs is 1. The van der Waals surface area contributed by atoms with E-state index in [0.717, 1.165) is 28.6 Å². The van der Waals surface area contributed by atoms with Crippen molar-refractivity contribution in [2.24, 2.45) is 0 Å². The van der Waals surface area contributed by atoms with Crippen LogP contribution in [0.15, 0.2) is 36.4 Å². The van der Waals surface area contributed by atoms with E-state index in [0.29, 0.717) is 22.4 Å². The average Bonchev–Trinajstić information content (AvgIpc) is 3.51. The summed E-state index contributed by atoms with van der Waals surface area (Å²) in [7, 11) is 1.57. The summed E-state index contributed by atoms with van der Waals surface area (Å²) in [6.45, 7) is 2.39. The van der Waals surface area contributed by atoms with Gasteiger partial charge in [0.2, 0.25) is 0 Å². The van der Waals surface area contributed by atoms with Crippen molar-refractivity contribution in [3.05, 3.63) is 58.2 Å². The van der Waals surface area contributed by atoms with Crippen LogP contribution in [-0.4, -0.2) is 17.2 Å². The summed E-state index contributed by atoms with van der Waals surface area (Å²) in [6.07, 6.45) is 3.26. The molecule has 140 valence electrons. The van der Waals surface area contributed by atoms with E-state index in [1.807, 2.05) is 18.2 Å². The number of aromatic hydroxyl groups is 1. The summed E-state index contributed by atoms with van der Waals surface area (Å²) >= 11 is 6.17. The number of phenols is 1. The summed E-state index contributed by atoms with van der Waals surface area (Å²) in [5.74, 6) is 2.16. The number of rotatable bonds is 6. The van der Waals surface area contributed by atoms with Gasteiger partial charge in [-0.1, -0.05) is 18.5 Å². The fourth-order valence-corrected chi connectivity index (χ4v) is 3.56. The standard InChI is InChI=1S/C22H22ClNO3/c1-3-13-10-18(14-4-5-14)21-17(8-9-20(23)24-21)22(13)27-12-15-6-7-16(26-2)11-19(15)25/h6-11,14,25H,3-5,12H2,1-2H3. The Balaban J connectivity index is 1.73. The first kappa shape index (κ1) is 17.9. The molecule has 0 saturated heterocycles. The first-order valence-electron chi connectivity index (χ1n) is 9.21. The normalized spacial score (nSPS) is 13.7. The smallest absolute Gasteiger partial charge is 0.132 e. The molecule has 1 aliphatic carbocycles. The molecule has 0 spiro atoms. The van der Waals surface area contributed by atoms with Gasteiger partial charge in [0.05, 0.1) is 12.6 Å². The predicted molar refractivity (Wildman–Crippen MR) is 107 cm³/mol. The molecule has 0 atom stereocenters. The van der Waals surface area contributed by atoms with Crippen molar-refractivity contribution in [2.45, 2.75) is 38.7 Å². The first-order chi connectivity index (χ1) is 13.1. The number of phenolic OH excluding ortho intramolecular Hbond substituents is 1. The van der Waals surface area contributed by atoms with Crippen LogP contribution in [0.4, 0.5) is 0 Å². The number of hydrogen-bond donors (Lipinski definition) is 1. The highest BCUT2D eigenvalue weighted by molar-refractivity contribution is 6.29. The summed E-state index contributed by atoms with van der Waals surface area (Å²) in [6, 6.07) is 11.2. The number of aromatic nitrogens is 1. The molecule has 1 fully saturated rings. The van der Waals surface area contributed by atoms with Gasteiger partial charge in [0.25, 0.3) is 0 Å². The number of hydrogen-bond acceptors (Lipinski definition) is 4. The molecule has 1 heterocycles. The van der Waals surface area contributed by atoms with Crippen LogP contribution < -0.4 is 9.47 Å². The Hall–Kier alpha value is -2.46. The molecule has 1 N–H and O–H groups in total. The third kappa shape index (κ3) is 3.54. The van der Waals surface area contributed by atoms with Gasteiger partial charge in [0, 0.05) is 17.0 Å². The second-order valence-corrected chi connectivity index (χ2v) is 7.28. The molecule has 1 aliphatic rings. The zero-order valence-corrected chi connectivity index (χ0v) is 16.2.